The number of benzene rings is 2. The monoisotopic (exact) mass is 398 g/mol. The van der Waals surface area contributed by atoms with E-state index in [0.29, 0.717) is 11.4 Å². The molecule has 4 rings (SSSR count). The molecule has 9 heteroatoms. The van der Waals surface area contributed by atoms with Crippen LogP contribution in [0.25, 0.3) is 33.7 Å². The van der Waals surface area contributed by atoms with Crippen molar-refractivity contribution in [1.82, 2.24) is 15.1 Å². The van der Waals surface area contributed by atoms with Gasteiger partial charge in [0, 0.05) is 28.2 Å². The average Bonchev–Trinajstić information content (AvgIpc) is 3.36. The summed E-state index contributed by atoms with van der Waals surface area (Å²) in [4.78, 5) is 7.46. The van der Waals surface area contributed by atoms with Crippen LogP contribution in [0.4, 0.5) is 13.2 Å². The molecule has 2 aromatic carbocycles. The van der Waals surface area contributed by atoms with Crippen LogP contribution < -0.4 is 4.74 Å². The van der Waals surface area contributed by atoms with E-state index in [9.17, 15) is 18.4 Å². The second kappa shape index (κ2) is 6.98. The minimum Gasteiger partial charge on any atom is -0.480 e. The molecule has 2 aromatic heterocycles. The van der Waals surface area contributed by atoms with E-state index < -0.39 is 12.3 Å². The molecule has 0 aliphatic carbocycles. The van der Waals surface area contributed by atoms with Crippen molar-refractivity contribution in [3.05, 3.63) is 54.2 Å². The fourth-order valence-corrected chi connectivity index (χ4v) is 2.84. The van der Waals surface area contributed by atoms with Crippen LogP contribution in [0.15, 0.2) is 53.2 Å². The van der Waals surface area contributed by atoms with Crippen molar-refractivity contribution in [1.29, 1.82) is 5.26 Å². The van der Waals surface area contributed by atoms with Crippen LogP contribution in [0.5, 0.6) is 5.75 Å². The summed E-state index contributed by atoms with van der Waals surface area (Å²) in [7, 11) is 0. The Morgan fingerprint density at radius 2 is 2.03 bits per heavy atom. The number of hydrogen-bond acceptors (Lipinski definition) is 5. The number of ether oxygens (including phenoxy) is 1. The largest absolute Gasteiger partial charge is 0.480 e. The molecule has 0 saturated carbocycles. The van der Waals surface area contributed by atoms with Crippen LogP contribution in [-0.4, -0.2) is 27.4 Å². The van der Waals surface area contributed by atoms with Gasteiger partial charge < -0.3 is 14.2 Å². The summed E-state index contributed by atoms with van der Waals surface area (Å²) in [5, 5.41) is 14.2. The molecular formula is C20H13F3N4O2. The molecule has 4 aromatic rings. The molecule has 0 fully saturated rings. The highest BCUT2D eigenvalue weighted by atomic mass is 19.4. The van der Waals surface area contributed by atoms with E-state index in [1.807, 2.05) is 30.3 Å². The molecule has 0 bridgehead atoms. The van der Waals surface area contributed by atoms with Gasteiger partial charge in [0.05, 0.1) is 5.56 Å². The number of rotatable bonds is 4. The van der Waals surface area contributed by atoms with Gasteiger partial charge in [-0.15, -0.1) is 0 Å². The zero-order valence-electron chi connectivity index (χ0n) is 15.0. The topological polar surface area (TPSA) is 87.7 Å². The molecule has 1 atom stereocenters. The second-order valence-corrected chi connectivity index (χ2v) is 6.29. The Morgan fingerprint density at radius 3 is 2.79 bits per heavy atom. The summed E-state index contributed by atoms with van der Waals surface area (Å²) in [5.41, 5.74) is 2.01. The lowest BCUT2D eigenvalue weighted by molar-refractivity contribution is -0.189. The maximum atomic E-state index is 12.7. The number of H-pyrrole nitrogens is 1. The van der Waals surface area contributed by atoms with Gasteiger partial charge in [-0.2, -0.15) is 23.4 Å². The second-order valence-electron chi connectivity index (χ2n) is 6.29. The number of nitrogens with zero attached hydrogens (tertiary/aromatic N) is 3. The minimum atomic E-state index is -4.54. The molecule has 0 aliphatic rings. The highest BCUT2D eigenvalue weighted by Gasteiger charge is 2.38. The minimum absolute atomic E-state index is 0.0638. The van der Waals surface area contributed by atoms with Gasteiger partial charge in [0.1, 0.15) is 11.8 Å². The smallest absolute Gasteiger partial charge is 0.425 e. The molecule has 29 heavy (non-hydrogen) atoms. The third-order valence-electron chi connectivity index (χ3n) is 4.37. The molecule has 0 radical (unpaired) electrons. The quantitative estimate of drug-likeness (QED) is 0.518. The molecule has 0 saturated heterocycles. The standard InChI is InChI=1S/C20H13F3N4O2/c1-11(20(21,22)23)28-17-6-5-12(9-13(17)10-24)19-26-18(27-29-19)15-3-2-4-16-14(15)7-8-25-16/h2-9,11,25H,1H3. The summed E-state index contributed by atoms with van der Waals surface area (Å²) in [6.45, 7) is 0.876. The SMILES string of the molecule is CC(Oc1ccc(-c2nc(-c3cccc4[nH]ccc34)no2)cc1C#N)C(F)(F)F. The lowest BCUT2D eigenvalue weighted by Crippen LogP contribution is -2.31. The number of aromatic nitrogens is 3. The normalized spacial score (nSPS) is 12.7. The molecule has 1 unspecified atom stereocenters. The van der Waals surface area contributed by atoms with Crippen LogP contribution in [-0.2, 0) is 0 Å². The summed E-state index contributed by atoms with van der Waals surface area (Å²) >= 11 is 0. The van der Waals surface area contributed by atoms with Crippen molar-refractivity contribution < 1.29 is 22.4 Å². The number of fused-ring (bicyclic) bond motifs is 1. The maximum absolute atomic E-state index is 12.7. The lowest BCUT2D eigenvalue weighted by Gasteiger charge is -2.18. The first-order chi connectivity index (χ1) is 13.9. The number of nitriles is 1. The Hall–Kier alpha value is -3.80. The van der Waals surface area contributed by atoms with E-state index in [4.69, 9.17) is 9.26 Å². The zero-order chi connectivity index (χ0) is 20.6. The van der Waals surface area contributed by atoms with Gasteiger partial charge in [-0.05, 0) is 37.3 Å². The molecular weight excluding hydrogens is 385 g/mol. The van der Waals surface area contributed by atoms with Crippen molar-refractivity contribution in [3.8, 4) is 34.7 Å². The van der Waals surface area contributed by atoms with Crippen LogP contribution in [0.2, 0.25) is 0 Å². The number of hydrogen-bond donors (Lipinski definition) is 1. The highest BCUT2D eigenvalue weighted by Crippen LogP contribution is 2.32. The highest BCUT2D eigenvalue weighted by molar-refractivity contribution is 5.93. The first kappa shape index (κ1) is 18.6. The van der Waals surface area contributed by atoms with Crippen LogP contribution in [0.3, 0.4) is 0 Å². The first-order valence-corrected chi connectivity index (χ1v) is 8.55. The van der Waals surface area contributed by atoms with Gasteiger partial charge in [0.15, 0.2) is 6.10 Å². The molecule has 146 valence electrons. The summed E-state index contributed by atoms with van der Waals surface area (Å²) in [6.07, 6.45) is -4.78. The lowest BCUT2D eigenvalue weighted by atomic mass is 10.1. The maximum Gasteiger partial charge on any atom is 0.425 e. The van der Waals surface area contributed by atoms with Crippen molar-refractivity contribution >= 4 is 10.9 Å². The number of halogens is 3. The van der Waals surface area contributed by atoms with Gasteiger partial charge in [0.2, 0.25) is 5.82 Å². The third-order valence-corrected chi connectivity index (χ3v) is 4.37. The summed E-state index contributed by atoms with van der Waals surface area (Å²) in [5.74, 6) is 0.326. The van der Waals surface area contributed by atoms with E-state index in [1.54, 1.807) is 6.20 Å². The van der Waals surface area contributed by atoms with Gasteiger partial charge in [-0.1, -0.05) is 17.3 Å². The number of aromatic amines is 1. The van der Waals surface area contributed by atoms with Crippen LogP contribution in [0, 0.1) is 11.3 Å². The van der Waals surface area contributed by atoms with E-state index in [0.717, 1.165) is 23.4 Å². The summed E-state index contributed by atoms with van der Waals surface area (Å²) < 4.78 is 48.4. The Kier molecular flexibility index (Phi) is 4.47. The van der Waals surface area contributed by atoms with Gasteiger partial charge in [-0.3, -0.25) is 0 Å². The molecule has 0 spiro atoms. The molecule has 6 nitrogen and oxygen atoms in total. The van der Waals surface area contributed by atoms with Crippen molar-refractivity contribution in [2.24, 2.45) is 0 Å². The van der Waals surface area contributed by atoms with Crippen molar-refractivity contribution in [2.45, 2.75) is 19.2 Å². The third kappa shape index (κ3) is 3.52. The molecule has 0 aliphatic heterocycles. The van der Waals surface area contributed by atoms with Gasteiger partial charge >= 0.3 is 6.18 Å². The van der Waals surface area contributed by atoms with Gasteiger partial charge in [0.25, 0.3) is 5.89 Å². The van der Waals surface area contributed by atoms with E-state index in [1.165, 1.54) is 18.2 Å². The Bertz CT molecular complexity index is 1220. The molecule has 1 N–H and O–H groups in total. The van der Waals surface area contributed by atoms with E-state index >= 15 is 0 Å². The van der Waals surface area contributed by atoms with E-state index in [2.05, 4.69) is 15.1 Å². The Morgan fingerprint density at radius 1 is 1.21 bits per heavy atom. The van der Waals surface area contributed by atoms with E-state index in [-0.39, 0.29) is 17.2 Å². The van der Waals surface area contributed by atoms with Crippen LogP contribution in [0.1, 0.15) is 12.5 Å². The van der Waals surface area contributed by atoms with Gasteiger partial charge in [-0.25, -0.2) is 0 Å². The summed E-state index contributed by atoms with van der Waals surface area (Å²) in [6, 6.07) is 13.4. The zero-order valence-corrected chi connectivity index (χ0v) is 15.0. The molecule has 2 heterocycles. The van der Waals surface area contributed by atoms with Crippen molar-refractivity contribution in [2.75, 3.05) is 0 Å². The molecule has 0 amide bonds. The predicted molar refractivity (Wildman–Crippen MR) is 97.9 cm³/mol. The van der Waals surface area contributed by atoms with Crippen molar-refractivity contribution in [3.63, 3.8) is 0 Å². The fourth-order valence-electron chi connectivity index (χ4n) is 2.84. The predicted octanol–water partition coefficient (Wildman–Crippen LogP) is 5.09. The number of nitrogens with one attached hydrogen (secondary N) is 1. The Balaban J connectivity index is 1.66. The fraction of sp³-hybridized carbons (Fsp3) is 0.150. The first-order valence-electron chi connectivity index (χ1n) is 8.55. The number of alkyl halides is 3. The average molecular weight is 398 g/mol. The van der Waals surface area contributed by atoms with Crippen LogP contribution >= 0.6 is 0 Å². The Labute approximate surface area is 162 Å².